The monoisotopic (exact) mass is 406 g/mol. The van der Waals surface area contributed by atoms with E-state index in [-0.39, 0.29) is 10.8 Å². The molecule has 0 heterocycles. The number of methoxy groups -OCH3 is 1. The van der Waals surface area contributed by atoms with Crippen molar-refractivity contribution in [2.45, 2.75) is 26.1 Å². The Morgan fingerprint density at radius 2 is 1.89 bits per heavy atom. The SMILES string of the molecule is CCc1cc(Cl)c(OCc2c(OC(=O)OC)cccc2C(F)(F)F)cc1F. The van der Waals surface area contributed by atoms with Crippen LogP contribution in [0.15, 0.2) is 30.3 Å². The number of carbonyl (C=O) groups is 1. The number of rotatable bonds is 5. The van der Waals surface area contributed by atoms with E-state index in [1.165, 1.54) is 6.07 Å². The quantitative estimate of drug-likeness (QED) is 0.358. The lowest BCUT2D eigenvalue weighted by molar-refractivity contribution is -0.138. The molecule has 0 aliphatic carbocycles. The maximum atomic E-state index is 13.9. The number of aryl methyl sites for hydroxylation is 1. The highest BCUT2D eigenvalue weighted by Gasteiger charge is 2.35. The van der Waals surface area contributed by atoms with Gasteiger partial charge in [0, 0.05) is 11.6 Å². The first-order valence-corrected chi connectivity index (χ1v) is 8.10. The number of ether oxygens (including phenoxy) is 3. The summed E-state index contributed by atoms with van der Waals surface area (Å²) in [5, 5.41) is 0.0492. The maximum Gasteiger partial charge on any atom is 0.513 e. The fourth-order valence-electron chi connectivity index (χ4n) is 2.31. The zero-order valence-electron chi connectivity index (χ0n) is 14.3. The topological polar surface area (TPSA) is 44.8 Å². The summed E-state index contributed by atoms with van der Waals surface area (Å²) in [5.74, 6) is -1.11. The molecule has 4 nitrogen and oxygen atoms in total. The van der Waals surface area contributed by atoms with Crippen LogP contribution in [0, 0.1) is 5.82 Å². The molecule has 0 amide bonds. The Kier molecular flexibility index (Phi) is 6.54. The molecule has 0 spiro atoms. The van der Waals surface area contributed by atoms with E-state index in [4.69, 9.17) is 21.1 Å². The largest absolute Gasteiger partial charge is 0.513 e. The van der Waals surface area contributed by atoms with Gasteiger partial charge in [0.05, 0.1) is 17.7 Å². The molecule has 0 aromatic heterocycles. The van der Waals surface area contributed by atoms with Crippen LogP contribution < -0.4 is 9.47 Å². The third-order valence-corrected chi connectivity index (χ3v) is 3.95. The van der Waals surface area contributed by atoms with E-state index >= 15 is 0 Å². The van der Waals surface area contributed by atoms with E-state index in [0.29, 0.717) is 12.0 Å². The fraction of sp³-hybridized carbons (Fsp3) is 0.278. The first-order valence-electron chi connectivity index (χ1n) is 7.73. The summed E-state index contributed by atoms with van der Waals surface area (Å²) >= 11 is 6.00. The van der Waals surface area contributed by atoms with Crippen molar-refractivity contribution >= 4 is 17.8 Å². The fourth-order valence-corrected chi connectivity index (χ4v) is 2.55. The van der Waals surface area contributed by atoms with Crippen molar-refractivity contribution in [2.24, 2.45) is 0 Å². The van der Waals surface area contributed by atoms with Gasteiger partial charge >= 0.3 is 12.3 Å². The van der Waals surface area contributed by atoms with Crippen LogP contribution in [0.3, 0.4) is 0 Å². The maximum absolute atomic E-state index is 13.9. The summed E-state index contributed by atoms with van der Waals surface area (Å²) in [6, 6.07) is 5.39. The van der Waals surface area contributed by atoms with Crippen LogP contribution >= 0.6 is 11.6 Å². The van der Waals surface area contributed by atoms with Crippen LogP contribution in [-0.4, -0.2) is 13.3 Å². The molecule has 0 aliphatic rings. The van der Waals surface area contributed by atoms with Crippen molar-refractivity contribution in [1.82, 2.24) is 0 Å². The standard InChI is InChI=1S/C18H15ClF4O4/c1-3-10-7-13(19)16(8-14(10)20)26-9-11-12(18(21,22)23)5-4-6-15(11)27-17(24)25-2/h4-8H,3,9H2,1-2H3. The normalized spacial score (nSPS) is 11.2. The lowest BCUT2D eigenvalue weighted by Crippen LogP contribution is -2.15. The Hall–Kier alpha value is -2.48. The van der Waals surface area contributed by atoms with Crippen molar-refractivity contribution in [3.05, 3.63) is 57.9 Å². The van der Waals surface area contributed by atoms with Gasteiger partial charge < -0.3 is 14.2 Å². The molecule has 0 saturated carbocycles. The van der Waals surface area contributed by atoms with E-state index in [9.17, 15) is 22.4 Å². The molecule has 0 fully saturated rings. The second-order valence-corrected chi connectivity index (χ2v) is 5.76. The van der Waals surface area contributed by atoms with E-state index in [0.717, 1.165) is 31.4 Å². The smallest absolute Gasteiger partial charge is 0.487 e. The minimum Gasteiger partial charge on any atom is -0.487 e. The summed E-state index contributed by atoms with van der Waals surface area (Å²) in [6.45, 7) is 1.07. The number of carbonyl (C=O) groups excluding carboxylic acids is 1. The summed E-state index contributed by atoms with van der Waals surface area (Å²) in [7, 11) is 1.02. The highest BCUT2D eigenvalue weighted by Crippen LogP contribution is 2.37. The molecule has 0 bridgehead atoms. The zero-order chi connectivity index (χ0) is 20.2. The molecule has 146 valence electrons. The van der Waals surface area contributed by atoms with E-state index in [1.807, 2.05) is 0 Å². The minimum absolute atomic E-state index is 0.0492. The lowest BCUT2D eigenvalue weighted by Gasteiger charge is -2.17. The van der Waals surface area contributed by atoms with Gasteiger partial charge in [-0.25, -0.2) is 9.18 Å². The number of hydrogen-bond donors (Lipinski definition) is 0. The van der Waals surface area contributed by atoms with Gasteiger partial charge in [-0.15, -0.1) is 0 Å². The molecule has 0 unspecified atom stereocenters. The van der Waals surface area contributed by atoms with Crippen LogP contribution in [0.4, 0.5) is 22.4 Å². The van der Waals surface area contributed by atoms with Crippen LogP contribution in [0.25, 0.3) is 0 Å². The summed E-state index contributed by atoms with van der Waals surface area (Å²) in [6.07, 6.45) is -5.53. The van der Waals surface area contributed by atoms with Crippen LogP contribution in [0.5, 0.6) is 11.5 Å². The van der Waals surface area contributed by atoms with E-state index in [1.54, 1.807) is 6.92 Å². The van der Waals surface area contributed by atoms with Crippen molar-refractivity contribution < 1.29 is 36.6 Å². The second kappa shape index (κ2) is 8.47. The Morgan fingerprint density at radius 1 is 1.19 bits per heavy atom. The molecule has 9 heteroatoms. The first kappa shape index (κ1) is 20.8. The van der Waals surface area contributed by atoms with E-state index in [2.05, 4.69) is 4.74 Å². The van der Waals surface area contributed by atoms with Crippen LogP contribution in [-0.2, 0) is 23.9 Å². The molecule has 27 heavy (non-hydrogen) atoms. The molecule has 0 radical (unpaired) electrons. The minimum atomic E-state index is -4.73. The van der Waals surface area contributed by atoms with Gasteiger partial charge in [0.1, 0.15) is 23.9 Å². The van der Waals surface area contributed by atoms with Gasteiger partial charge in [-0.05, 0) is 30.2 Å². The molecule has 0 N–H and O–H groups in total. The Labute approximate surface area is 157 Å². The van der Waals surface area contributed by atoms with Gasteiger partial charge in [0.15, 0.2) is 0 Å². The average Bonchev–Trinajstić information content (AvgIpc) is 2.61. The first-order chi connectivity index (χ1) is 12.7. The lowest BCUT2D eigenvalue weighted by atomic mass is 10.1. The number of hydrogen-bond acceptors (Lipinski definition) is 4. The van der Waals surface area contributed by atoms with Crippen LogP contribution in [0.2, 0.25) is 5.02 Å². The van der Waals surface area contributed by atoms with Gasteiger partial charge in [0.25, 0.3) is 0 Å². The van der Waals surface area contributed by atoms with E-state index < -0.39 is 41.6 Å². The third kappa shape index (κ3) is 5.03. The Bertz CT molecular complexity index is 837. The molecular weight excluding hydrogens is 392 g/mol. The van der Waals surface area contributed by atoms with Crippen molar-refractivity contribution in [3.8, 4) is 11.5 Å². The molecule has 2 aromatic carbocycles. The highest BCUT2D eigenvalue weighted by atomic mass is 35.5. The van der Waals surface area contributed by atoms with Crippen molar-refractivity contribution in [3.63, 3.8) is 0 Å². The predicted molar refractivity (Wildman–Crippen MR) is 89.6 cm³/mol. The summed E-state index contributed by atoms with van der Waals surface area (Å²) in [4.78, 5) is 11.3. The second-order valence-electron chi connectivity index (χ2n) is 5.35. The van der Waals surface area contributed by atoms with Gasteiger partial charge in [-0.3, -0.25) is 0 Å². The molecule has 0 atom stereocenters. The predicted octanol–water partition coefficient (Wildman–Crippen LogP) is 5.78. The number of halogens is 5. The van der Waals surface area contributed by atoms with Crippen LogP contribution in [0.1, 0.15) is 23.6 Å². The Balaban J connectivity index is 2.39. The molecular formula is C18H15ClF4O4. The van der Waals surface area contributed by atoms with Gasteiger partial charge in [-0.1, -0.05) is 24.6 Å². The van der Waals surface area contributed by atoms with Crippen molar-refractivity contribution in [1.29, 1.82) is 0 Å². The van der Waals surface area contributed by atoms with Gasteiger partial charge in [0.2, 0.25) is 0 Å². The summed E-state index contributed by atoms with van der Waals surface area (Å²) < 4.78 is 68.2. The Morgan fingerprint density at radius 3 is 2.48 bits per heavy atom. The average molecular weight is 407 g/mol. The van der Waals surface area contributed by atoms with Gasteiger partial charge in [-0.2, -0.15) is 13.2 Å². The number of alkyl halides is 3. The molecule has 2 rings (SSSR count). The van der Waals surface area contributed by atoms with Crippen molar-refractivity contribution in [2.75, 3.05) is 7.11 Å². The molecule has 2 aromatic rings. The molecule has 0 aliphatic heterocycles. The third-order valence-electron chi connectivity index (χ3n) is 3.65. The highest BCUT2D eigenvalue weighted by molar-refractivity contribution is 6.32. The zero-order valence-corrected chi connectivity index (χ0v) is 15.1. The molecule has 0 saturated heterocycles. The number of benzene rings is 2. The summed E-state index contributed by atoms with van der Waals surface area (Å²) in [5.41, 5.74) is -1.17.